The molecule has 0 rings (SSSR count). The summed E-state index contributed by atoms with van der Waals surface area (Å²) < 4.78 is 24.0. The van der Waals surface area contributed by atoms with Gasteiger partial charge in [0, 0.05) is 5.38 Å². The third kappa shape index (κ3) is 4.95. The van der Waals surface area contributed by atoms with Crippen LogP contribution in [0.25, 0.3) is 0 Å². The van der Waals surface area contributed by atoms with Gasteiger partial charge in [0.2, 0.25) is 0 Å². The largest absolute Gasteiger partial charge is 0.264 e. The van der Waals surface area contributed by atoms with Crippen molar-refractivity contribution in [1.82, 2.24) is 0 Å². The van der Waals surface area contributed by atoms with E-state index in [0.717, 1.165) is 6.08 Å². The average molecular weight is 198 g/mol. The molecule has 0 heterocycles. The van der Waals surface area contributed by atoms with E-state index in [1.54, 1.807) is 6.92 Å². The molecule has 0 bridgehead atoms. The van der Waals surface area contributed by atoms with Crippen LogP contribution in [0.3, 0.4) is 0 Å². The zero-order valence-electron chi connectivity index (χ0n) is 5.95. The molecule has 0 aliphatic heterocycles. The van der Waals surface area contributed by atoms with Crippen molar-refractivity contribution >= 4 is 27.7 Å². The Morgan fingerprint density at radius 2 is 2.18 bits per heavy atom. The molecule has 0 aliphatic carbocycles. The summed E-state index contributed by atoms with van der Waals surface area (Å²) in [6.45, 7) is 1.75. The Morgan fingerprint density at radius 1 is 1.64 bits per heavy atom. The molecule has 64 valence electrons. The molecule has 0 saturated heterocycles. The first-order chi connectivity index (χ1) is 5.02. The minimum absolute atomic E-state index is 0.305. The van der Waals surface area contributed by atoms with Crippen LogP contribution < -0.4 is 0 Å². The van der Waals surface area contributed by atoms with Gasteiger partial charge in [-0.25, -0.2) is 13.2 Å². The topological polar surface area (TPSA) is 63.6 Å². The van der Waals surface area contributed by atoms with Crippen LogP contribution in [0.5, 0.6) is 0 Å². The smallest absolute Gasteiger partial charge is 0.210 e. The summed E-state index contributed by atoms with van der Waals surface area (Å²) in [4.78, 5) is 9.58. The lowest BCUT2D eigenvalue weighted by molar-refractivity contribution is 0.563. The van der Waals surface area contributed by atoms with Gasteiger partial charge >= 0.3 is 0 Å². The lowest BCUT2D eigenvalue weighted by Gasteiger charge is -2.00. The molecule has 11 heavy (non-hydrogen) atoms. The molecule has 6 heteroatoms. The summed E-state index contributed by atoms with van der Waals surface area (Å²) in [6.07, 6.45) is 1.49. The zero-order valence-corrected chi connectivity index (χ0v) is 7.52. The number of carbonyl (C=O) groups excluding carboxylic acids is 1. The van der Waals surface area contributed by atoms with Crippen molar-refractivity contribution in [2.75, 3.05) is 5.75 Å². The van der Waals surface area contributed by atoms with Gasteiger partial charge in [-0.15, -0.1) is 11.6 Å². The van der Waals surface area contributed by atoms with Gasteiger partial charge in [0.25, 0.3) is 16.1 Å². The standard InChI is InChI=1S/C5H8ClNO3S/c1-2-5(6)3-11(9,10)7-4-8/h5H,2-3H2,1H3. The predicted molar refractivity (Wildman–Crippen MR) is 41.8 cm³/mol. The number of hydrogen-bond donors (Lipinski definition) is 0. The molecule has 0 amide bonds. The number of alkyl halides is 1. The maximum absolute atomic E-state index is 10.7. The van der Waals surface area contributed by atoms with E-state index in [9.17, 15) is 13.2 Å². The Labute approximate surface area is 70.3 Å². The molecule has 1 atom stereocenters. The highest BCUT2D eigenvalue weighted by atomic mass is 35.5. The van der Waals surface area contributed by atoms with Crippen LogP contribution in [0.15, 0.2) is 4.40 Å². The summed E-state index contributed by atoms with van der Waals surface area (Å²) in [5.74, 6) is -0.305. The fourth-order valence-electron chi connectivity index (χ4n) is 0.440. The molecule has 0 aromatic heterocycles. The fraction of sp³-hybridized carbons (Fsp3) is 0.800. The lowest BCUT2D eigenvalue weighted by Crippen LogP contribution is -2.12. The van der Waals surface area contributed by atoms with Crippen molar-refractivity contribution in [1.29, 1.82) is 0 Å². The van der Waals surface area contributed by atoms with Gasteiger partial charge in [-0.05, 0) is 6.42 Å². The molecule has 0 spiro atoms. The molecule has 0 aliphatic rings. The van der Waals surface area contributed by atoms with E-state index in [1.165, 1.54) is 0 Å². The van der Waals surface area contributed by atoms with E-state index in [1.807, 2.05) is 0 Å². The van der Waals surface area contributed by atoms with Crippen LogP contribution in [-0.2, 0) is 14.8 Å². The highest BCUT2D eigenvalue weighted by molar-refractivity contribution is 7.90. The van der Waals surface area contributed by atoms with Gasteiger partial charge in [-0.1, -0.05) is 11.3 Å². The van der Waals surface area contributed by atoms with E-state index >= 15 is 0 Å². The van der Waals surface area contributed by atoms with Crippen LogP contribution >= 0.6 is 11.6 Å². The second kappa shape index (κ2) is 4.49. The molecule has 0 aromatic carbocycles. The molecular weight excluding hydrogens is 190 g/mol. The Hall–Kier alpha value is -0.380. The van der Waals surface area contributed by atoms with Gasteiger partial charge < -0.3 is 0 Å². The van der Waals surface area contributed by atoms with Gasteiger partial charge in [0.15, 0.2) is 0 Å². The normalized spacial score (nSPS) is 13.6. The number of halogens is 1. The zero-order chi connectivity index (χ0) is 8.91. The average Bonchev–Trinajstić information content (AvgIpc) is 1.86. The quantitative estimate of drug-likeness (QED) is 0.378. The van der Waals surface area contributed by atoms with Crippen LogP contribution in [-0.4, -0.2) is 25.6 Å². The number of hydrogen-bond acceptors (Lipinski definition) is 3. The maximum Gasteiger partial charge on any atom is 0.264 e. The van der Waals surface area contributed by atoms with E-state index in [4.69, 9.17) is 11.6 Å². The SMILES string of the molecule is CCC(Cl)CS(=O)(=O)N=C=O. The summed E-state index contributed by atoms with van der Waals surface area (Å²) in [5.41, 5.74) is 0. The second-order valence-electron chi connectivity index (χ2n) is 1.94. The molecule has 0 saturated carbocycles. The fourth-order valence-corrected chi connectivity index (χ4v) is 1.80. The van der Waals surface area contributed by atoms with Gasteiger partial charge in [0.05, 0.1) is 5.75 Å². The van der Waals surface area contributed by atoms with Crippen LogP contribution in [0.1, 0.15) is 13.3 Å². The number of rotatable bonds is 4. The molecule has 4 nitrogen and oxygen atoms in total. The van der Waals surface area contributed by atoms with Gasteiger partial charge in [0.1, 0.15) is 0 Å². The monoisotopic (exact) mass is 197 g/mol. The summed E-state index contributed by atoms with van der Waals surface area (Å²) in [6, 6.07) is 0. The third-order valence-electron chi connectivity index (χ3n) is 1.01. The minimum Gasteiger partial charge on any atom is -0.210 e. The number of nitrogens with zero attached hydrogens (tertiary/aromatic N) is 1. The Morgan fingerprint density at radius 3 is 2.55 bits per heavy atom. The van der Waals surface area contributed by atoms with Crippen LogP contribution in [0.2, 0.25) is 0 Å². The van der Waals surface area contributed by atoms with Gasteiger partial charge in [-0.3, -0.25) is 0 Å². The lowest BCUT2D eigenvalue weighted by atomic mass is 10.4. The van der Waals surface area contributed by atoms with Crippen molar-refractivity contribution in [3.8, 4) is 0 Å². The predicted octanol–water partition coefficient (Wildman–Crippen LogP) is 0.669. The number of isocyanates is 1. The Kier molecular flexibility index (Phi) is 4.33. The van der Waals surface area contributed by atoms with E-state index < -0.39 is 15.4 Å². The Bertz CT molecular complexity index is 255. The summed E-state index contributed by atoms with van der Waals surface area (Å²) >= 11 is 5.52. The Balaban J connectivity index is 4.25. The van der Waals surface area contributed by atoms with Crippen molar-refractivity contribution in [3.05, 3.63) is 0 Å². The summed E-state index contributed by atoms with van der Waals surface area (Å²) in [5, 5.41) is -0.489. The van der Waals surface area contributed by atoms with Crippen molar-refractivity contribution in [3.63, 3.8) is 0 Å². The van der Waals surface area contributed by atoms with E-state index in [2.05, 4.69) is 4.40 Å². The second-order valence-corrected chi connectivity index (χ2v) is 4.23. The van der Waals surface area contributed by atoms with Crippen LogP contribution in [0.4, 0.5) is 0 Å². The first kappa shape index (κ1) is 10.6. The molecule has 0 fully saturated rings. The summed E-state index contributed by atoms with van der Waals surface area (Å²) in [7, 11) is -3.67. The van der Waals surface area contributed by atoms with Crippen LogP contribution in [0, 0.1) is 0 Å². The number of sulfonamides is 1. The first-order valence-electron chi connectivity index (χ1n) is 2.97. The first-order valence-corrected chi connectivity index (χ1v) is 5.02. The molecule has 0 N–H and O–H groups in total. The van der Waals surface area contributed by atoms with Crippen molar-refractivity contribution < 1.29 is 13.2 Å². The minimum atomic E-state index is -3.67. The maximum atomic E-state index is 10.7. The highest BCUT2D eigenvalue weighted by Crippen LogP contribution is 2.05. The molecule has 0 radical (unpaired) electrons. The molecule has 1 unspecified atom stereocenters. The van der Waals surface area contributed by atoms with Gasteiger partial charge in [-0.2, -0.15) is 0 Å². The van der Waals surface area contributed by atoms with Crippen molar-refractivity contribution in [2.45, 2.75) is 18.7 Å². The third-order valence-corrected chi connectivity index (χ3v) is 2.83. The highest BCUT2D eigenvalue weighted by Gasteiger charge is 2.14. The molecule has 0 aromatic rings. The van der Waals surface area contributed by atoms with E-state index in [-0.39, 0.29) is 5.75 Å². The van der Waals surface area contributed by atoms with Crippen molar-refractivity contribution in [2.24, 2.45) is 4.40 Å². The molecular formula is C5H8ClNO3S. The van der Waals surface area contributed by atoms with E-state index in [0.29, 0.717) is 6.42 Å².